The molecule has 0 aromatic rings. The lowest BCUT2D eigenvalue weighted by Crippen LogP contribution is -2.55. The van der Waals surface area contributed by atoms with E-state index in [0.717, 1.165) is 13.1 Å². The topological polar surface area (TPSA) is 38.0 Å². The molecule has 0 aromatic heterocycles. The van der Waals surface area contributed by atoms with Crippen molar-refractivity contribution in [3.8, 4) is 0 Å². The van der Waals surface area contributed by atoms with Crippen molar-refractivity contribution in [3.63, 3.8) is 0 Å². The molecule has 88 valence electrons. The zero-order valence-corrected chi connectivity index (χ0v) is 10.5. The molecule has 1 aliphatic rings. The van der Waals surface area contributed by atoms with Crippen molar-refractivity contribution in [2.75, 3.05) is 13.1 Å². The predicted molar refractivity (Wildman–Crippen MR) is 66.9 cm³/mol. The Bertz CT molecular complexity index is 233. The van der Waals surface area contributed by atoms with Gasteiger partial charge in [0.1, 0.15) is 0 Å². The number of rotatable bonds is 4. The Morgan fingerprint density at radius 2 is 2.07 bits per heavy atom. The monoisotopic (exact) mass is 210 g/mol. The zero-order chi connectivity index (χ0) is 11.5. The lowest BCUT2D eigenvalue weighted by molar-refractivity contribution is 0.127. The molecule has 0 aliphatic heterocycles. The van der Waals surface area contributed by atoms with Crippen molar-refractivity contribution >= 4 is 0 Å². The Labute approximate surface area is 94.3 Å². The Balaban J connectivity index is 2.62. The predicted octanol–water partition coefficient (Wildman–Crippen LogP) is 2.45. The lowest BCUT2D eigenvalue weighted by Gasteiger charge is -2.45. The molecule has 0 bridgehead atoms. The summed E-state index contributed by atoms with van der Waals surface area (Å²) in [4.78, 5) is 0. The third-order valence-corrected chi connectivity index (χ3v) is 3.48. The second-order valence-electron chi connectivity index (χ2n) is 5.99. The summed E-state index contributed by atoms with van der Waals surface area (Å²) in [6.45, 7) is 12.3. The molecule has 15 heavy (non-hydrogen) atoms. The maximum absolute atomic E-state index is 5.95. The zero-order valence-electron chi connectivity index (χ0n) is 10.5. The van der Waals surface area contributed by atoms with E-state index < -0.39 is 0 Å². The van der Waals surface area contributed by atoms with Crippen molar-refractivity contribution in [1.82, 2.24) is 5.32 Å². The fraction of sp³-hybridized carbons (Fsp3) is 0.846. The van der Waals surface area contributed by atoms with Crippen LogP contribution in [-0.4, -0.2) is 18.6 Å². The molecule has 0 heterocycles. The standard InChI is InChI=1S/C13H26N2/c1-11(2)8-15-13(10-14)7-5-6-12(3,4)9-13/h15H,1,5-10,14H2,2-4H3. The summed E-state index contributed by atoms with van der Waals surface area (Å²) in [5.41, 5.74) is 7.72. The van der Waals surface area contributed by atoms with E-state index in [1.54, 1.807) is 0 Å². The Hall–Kier alpha value is -0.340. The average molecular weight is 210 g/mol. The fourth-order valence-electron chi connectivity index (χ4n) is 2.73. The van der Waals surface area contributed by atoms with Crippen LogP contribution in [0.4, 0.5) is 0 Å². The van der Waals surface area contributed by atoms with Crippen molar-refractivity contribution < 1.29 is 0 Å². The maximum Gasteiger partial charge on any atom is 0.0311 e. The van der Waals surface area contributed by atoms with Crippen LogP contribution >= 0.6 is 0 Å². The van der Waals surface area contributed by atoms with Crippen LogP contribution in [0.15, 0.2) is 12.2 Å². The molecule has 0 spiro atoms. The largest absolute Gasteiger partial charge is 0.329 e. The summed E-state index contributed by atoms with van der Waals surface area (Å²) >= 11 is 0. The summed E-state index contributed by atoms with van der Waals surface area (Å²) in [6, 6.07) is 0. The van der Waals surface area contributed by atoms with Crippen molar-refractivity contribution in [2.45, 2.75) is 52.0 Å². The van der Waals surface area contributed by atoms with E-state index in [-0.39, 0.29) is 5.54 Å². The lowest BCUT2D eigenvalue weighted by atomic mass is 9.68. The van der Waals surface area contributed by atoms with Crippen molar-refractivity contribution in [3.05, 3.63) is 12.2 Å². The Kier molecular flexibility index (Phi) is 3.96. The number of hydrogen-bond donors (Lipinski definition) is 2. The van der Waals surface area contributed by atoms with Gasteiger partial charge in [-0.2, -0.15) is 0 Å². The summed E-state index contributed by atoms with van der Waals surface area (Å²) in [5.74, 6) is 0. The van der Waals surface area contributed by atoms with Gasteiger partial charge >= 0.3 is 0 Å². The first-order chi connectivity index (χ1) is 6.89. The van der Waals surface area contributed by atoms with Gasteiger partial charge in [0.15, 0.2) is 0 Å². The normalized spacial score (nSPS) is 30.1. The van der Waals surface area contributed by atoms with E-state index in [0.29, 0.717) is 5.41 Å². The van der Waals surface area contributed by atoms with Crippen LogP contribution in [0.25, 0.3) is 0 Å². The smallest absolute Gasteiger partial charge is 0.0311 e. The molecule has 0 radical (unpaired) electrons. The van der Waals surface area contributed by atoms with Gasteiger partial charge in [-0.05, 0) is 31.6 Å². The average Bonchev–Trinajstić information content (AvgIpc) is 2.13. The van der Waals surface area contributed by atoms with E-state index in [9.17, 15) is 0 Å². The summed E-state index contributed by atoms with van der Waals surface area (Å²) in [7, 11) is 0. The maximum atomic E-state index is 5.95. The molecule has 1 fully saturated rings. The van der Waals surface area contributed by atoms with Gasteiger partial charge in [0.25, 0.3) is 0 Å². The van der Waals surface area contributed by atoms with Gasteiger partial charge in [0, 0.05) is 18.6 Å². The minimum absolute atomic E-state index is 0.153. The first-order valence-corrected chi connectivity index (χ1v) is 5.99. The quantitative estimate of drug-likeness (QED) is 0.700. The second-order valence-corrected chi connectivity index (χ2v) is 5.99. The molecule has 0 amide bonds. The first kappa shape index (κ1) is 12.7. The molecule has 0 aromatic carbocycles. The van der Waals surface area contributed by atoms with Crippen LogP contribution in [0, 0.1) is 5.41 Å². The molecular formula is C13H26N2. The molecule has 1 atom stereocenters. The van der Waals surface area contributed by atoms with Crippen molar-refractivity contribution in [2.24, 2.45) is 11.1 Å². The van der Waals surface area contributed by atoms with E-state index in [4.69, 9.17) is 5.73 Å². The molecule has 2 nitrogen and oxygen atoms in total. The number of nitrogens with one attached hydrogen (secondary N) is 1. The van der Waals surface area contributed by atoms with E-state index in [1.165, 1.54) is 31.3 Å². The van der Waals surface area contributed by atoms with Crippen LogP contribution in [0.5, 0.6) is 0 Å². The SMILES string of the molecule is C=C(C)CNC1(CN)CCCC(C)(C)C1. The third kappa shape index (κ3) is 3.62. The number of nitrogens with two attached hydrogens (primary N) is 1. The fourth-order valence-corrected chi connectivity index (χ4v) is 2.73. The van der Waals surface area contributed by atoms with Crippen LogP contribution < -0.4 is 11.1 Å². The van der Waals surface area contributed by atoms with Crippen LogP contribution in [0.3, 0.4) is 0 Å². The molecule has 1 saturated carbocycles. The highest BCUT2D eigenvalue weighted by Crippen LogP contribution is 2.40. The molecule has 1 unspecified atom stereocenters. The van der Waals surface area contributed by atoms with Crippen LogP contribution in [-0.2, 0) is 0 Å². The van der Waals surface area contributed by atoms with Gasteiger partial charge in [0.05, 0.1) is 0 Å². The third-order valence-electron chi connectivity index (χ3n) is 3.48. The first-order valence-electron chi connectivity index (χ1n) is 5.99. The molecule has 1 rings (SSSR count). The second kappa shape index (κ2) is 4.67. The molecular weight excluding hydrogens is 184 g/mol. The van der Waals surface area contributed by atoms with Gasteiger partial charge < -0.3 is 11.1 Å². The van der Waals surface area contributed by atoms with E-state index in [2.05, 4.69) is 32.7 Å². The Morgan fingerprint density at radius 1 is 1.40 bits per heavy atom. The minimum Gasteiger partial charge on any atom is -0.329 e. The van der Waals surface area contributed by atoms with Crippen LogP contribution in [0.2, 0.25) is 0 Å². The van der Waals surface area contributed by atoms with Gasteiger partial charge in [-0.25, -0.2) is 0 Å². The van der Waals surface area contributed by atoms with Gasteiger partial charge in [0.2, 0.25) is 0 Å². The van der Waals surface area contributed by atoms with E-state index >= 15 is 0 Å². The van der Waals surface area contributed by atoms with Crippen molar-refractivity contribution in [1.29, 1.82) is 0 Å². The van der Waals surface area contributed by atoms with Gasteiger partial charge in [-0.15, -0.1) is 0 Å². The highest BCUT2D eigenvalue weighted by atomic mass is 15.0. The molecule has 3 N–H and O–H groups in total. The molecule has 2 heteroatoms. The summed E-state index contributed by atoms with van der Waals surface area (Å²) < 4.78 is 0. The minimum atomic E-state index is 0.153. The molecule has 0 saturated heterocycles. The Morgan fingerprint density at radius 3 is 2.53 bits per heavy atom. The molecule has 1 aliphatic carbocycles. The summed E-state index contributed by atoms with van der Waals surface area (Å²) in [6.07, 6.45) is 5.00. The highest BCUT2D eigenvalue weighted by Gasteiger charge is 2.38. The van der Waals surface area contributed by atoms with E-state index in [1.807, 2.05) is 0 Å². The highest BCUT2D eigenvalue weighted by molar-refractivity contribution is 5.01. The summed E-state index contributed by atoms with van der Waals surface area (Å²) in [5, 5.41) is 3.62. The number of hydrogen-bond acceptors (Lipinski definition) is 2. The van der Waals surface area contributed by atoms with Gasteiger partial charge in [-0.1, -0.05) is 32.4 Å². The van der Waals surface area contributed by atoms with Gasteiger partial charge in [-0.3, -0.25) is 0 Å². The van der Waals surface area contributed by atoms with Crippen LogP contribution in [0.1, 0.15) is 46.5 Å².